The highest BCUT2D eigenvalue weighted by molar-refractivity contribution is 6.10. The van der Waals surface area contributed by atoms with Crippen LogP contribution in [0.3, 0.4) is 0 Å². The third kappa shape index (κ3) is 3.56. The molecule has 0 saturated heterocycles. The molecule has 122 valence electrons. The predicted molar refractivity (Wildman–Crippen MR) is 103 cm³/mol. The molecule has 0 N–H and O–H groups in total. The number of hydrogen-bond donors (Lipinski definition) is 0. The minimum absolute atomic E-state index is 0.901. The van der Waals surface area contributed by atoms with Crippen molar-refractivity contribution in [3.63, 3.8) is 0 Å². The molecule has 0 amide bonds. The normalized spacial score (nSPS) is 14.0. The monoisotopic (exact) mass is 325 g/mol. The Kier molecular flexibility index (Phi) is 4.46. The summed E-state index contributed by atoms with van der Waals surface area (Å²) in [4.78, 5) is 13.1. The maximum atomic E-state index is 4.52. The third-order valence-corrected chi connectivity index (χ3v) is 4.34. The van der Waals surface area contributed by atoms with Crippen molar-refractivity contribution in [3.05, 3.63) is 78.9 Å². The number of allylic oxidation sites excluding steroid dienone is 2. The highest BCUT2D eigenvalue weighted by Crippen LogP contribution is 2.30. The van der Waals surface area contributed by atoms with E-state index in [-0.39, 0.29) is 0 Å². The van der Waals surface area contributed by atoms with Crippen molar-refractivity contribution in [3.8, 4) is 22.3 Å². The molecule has 0 unspecified atom stereocenters. The zero-order valence-corrected chi connectivity index (χ0v) is 14.0. The van der Waals surface area contributed by atoms with Crippen LogP contribution < -0.4 is 0 Å². The lowest BCUT2D eigenvalue weighted by atomic mass is 9.94. The molecule has 1 aromatic carbocycles. The molecule has 4 rings (SSSR count). The summed E-state index contributed by atoms with van der Waals surface area (Å²) >= 11 is 0. The highest BCUT2D eigenvalue weighted by Gasteiger charge is 2.09. The molecule has 1 aliphatic rings. The minimum Gasteiger partial charge on any atom is -0.293 e. The van der Waals surface area contributed by atoms with Crippen molar-refractivity contribution in [2.45, 2.75) is 12.8 Å². The molecular formula is C22H19N3. The van der Waals surface area contributed by atoms with E-state index in [1.54, 1.807) is 12.4 Å². The van der Waals surface area contributed by atoms with Crippen LogP contribution in [0.15, 0.2) is 78.3 Å². The fraction of sp³-hybridized carbons (Fsp3) is 0.136. The maximum absolute atomic E-state index is 4.52. The Labute approximate surface area is 147 Å². The van der Waals surface area contributed by atoms with E-state index < -0.39 is 0 Å². The fourth-order valence-corrected chi connectivity index (χ4v) is 3.04. The van der Waals surface area contributed by atoms with Gasteiger partial charge in [0.05, 0.1) is 0 Å². The number of hydrogen-bond acceptors (Lipinski definition) is 3. The van der Waals surface area contributed by atoms with Crippen molar-refractivity contribution in [1.82, 2.24) is 9.97 Å². The Bertz CT molecular complexity index is 855. The second-order valence-corrected chi connectivity index (χ2v) is 6.12. The van der Waals surface area contributed by atoms with Gasteiger partial charge in [-0.1, -0.05) is 18.2 Å². The molecule has 1 aliphatic heterocycles. The highest BCUT2D eigenvalue weighted by atomic mass is 14.7. The quantitative estimate of drug-likeness (QED) is 0.675. The maximum Gasteiger partial charge on any atom is 0.0392 e. The molecule has 0 saturated carbocycles. The Morgan fingerprint density at radius 3 is 1.96 bits per heavy atom. The smallest absolute Gasteiger partial charge is 0.0392 e. The molecule has 25 heavy (non-hydrogen) atoms. The molecule has 0 aliphatic carbocycles. The lowest BCUT2D eigenvalue weighted by molar-refractivity contribution is 0.867. The number of rotatable bonds is 3. The Morgan fingerprint density at radius 1 is 0.720 bits per heavy atom. The largest absolute Gasteiger partial charge is 0.293 e. The first-order valence-electron chi connectivity index (χ1n) is 8.56. The van der Waals surface area contributed by atoms with Crippen LogP contribution in [0.1, 0.15) is 18.4 Å². The first-order chi connectivity index (χ1) is 12.4. The number of aromatic nitrogens is 2. The Morgan fingerprint density at radius 2 is 1.36 bits per heavy atom. The van der Waals surface area contributed by atoms with Gasteiger partial charge in [0.1, 0.15) is 0 Å². The SMILES string of the molecule is C1=NCCCC=C1c1cc(-c2cccnc2)cc(-c2cccnc2)c1. The van der Waals surface area contributed by atoms with Crippen LogP contribution in [-0.2, 0) is 0 Å². The topological polar surface area (TPSA) is 38.1 Å². The van der Waals surface area contributed by atoms with Gasteiger partial charge in [0, 0.05) is 48.7 Å². The van der Waals surface area contributed by atoms with Gasteiger partial charge < -0.3 is 0 Å². The summed E-state index contributed by atoms with van der Waals surface area (Å²) in [6, 6.07) is 14.8. The molecule has 0 spiro atoms. The number of benzene rings is 1. The van der Waals surface area contributed by atoms with E-state index in [4.69, 9.17) is 0 Å². The fourth-order valence-electron chi connectivity index (χ4n) is 3.04. The molecule has 3 aromatic rings. The van der Waals surface area contributed by atoms with Crippen LogP contribution in [0.2, 0.25) is 0 Å². The van der Waals surface area contributed by atoms with Gasteiger partial charge in [-0.25, -0.2) is 0 Å². The van der Waals surface area contributed by atoms with E-state index in [9.17, 15) is 0 Å². The summed E-state index contributed by atoms with van der Waals surface area (Å²) in [7, 11) is 0. The molecule has 3 heterocycles. The number of aliphatic imine (C=N–C) groups is 1. The summed E-state index contributed by atoms with van der Waals surface area (Å²) < 4.78 is 0. The third-order valence-electron chi connectivity index (χ3n) is 4.34. The number of pyridine rings is 2. The first kappa shape index (κ1) is 15.5. The zero-order chi connectivity index (χ0) is 16.9. The van der Waals surface area contributed by atoms with Crippen molar-refractivity contribution in [2.75, 3.05) is 6.54 Å². The molecular weight excluding hydrogens is 306 g/mol. The van der Waals surface area contributed by atoms with E-state index >= 15 is 0 Å². The van der Waals surface area contributed by atoms with Crippen LogP contribution >= 0.6 is 0 Å². The van der Waals surface area contributed by atoms with Crippen molar-refractivity contribution in [2.24, 2.45) is 4.99 Å². The van der Waals surface area contributed by atoms with Crippen molar-refractivity contribution in [1.29, 1.82) is 0 Å². The summed E-state index contributed by atoms with van der Waals surface area (Å²) in [6.07, 6.45) is 13.9. The van der Waals surface area contributed by atoms with E-state index in [0.29, 0.717) is 0 Å². The van der Waals surface area contributed by atoms with Crippen LogP contribution in [0.4, 0.5) is 0 Å². The predicted octanol–water partition coefficient (Wildman–Crippen LogP) is 5.06. The molecule has 3 heteroatoms. The van der Waals surface area contributed by atoms with Gasteiger partial charge in [-0.2, -0.15) is 0 Å². The molecule has 0 bridgehead atoms. The van der Waals surface area contributed by atoms with Crippen LogP contribution in [0, 0.1) is 0 Å². The minimum atomic E-state index is 0.901. The van der Waals surface area contributed by atoms with Gasteiger partial charge in [-0.15, -0.1) is 0 Å². The molecule has 2 aromatic heterocycles. The summed E-state index contributed by atoms with van der Waals surface area (Å²) in [5, 5.41) is 0. The van der Waals surface area contributed by atoms with Gasteiger partial charge in [0.2, 0.25) is 0 Å². The first-order valence-corrected chi connectivity index (χ1v) is 8.56. The Hall–Kier alpha value is -3.07. The van der Waals surface area contributed by atoms with Gasteiger partial charge in [0.15, 0.2) is 0 Å². The van der Waals surface area contributed by atoms with Crippen molar-refractivity contribution < 1.29 is 0 Å². The average Bonchev–Trinajstić information content (AvgIpc) is 2.99. The van der Waals surface area contributed by atoms with E-state index in [1.165, 1.54) is 11.1 Å². The van der Waals surface area contributed by atoms with E-state index in [0.717, 1.165) is 41.6 Å². The summed E-state index contributed by atoms with van der Waals surface area (Å²) in [6.45, 7) is 0.901. The lowest BCUT2D eigenvalue weighted by Crippen LogP contribution is -1.91. The molecule has 0 fully saturated rings. The number of nitrogens with zero attached hydrogens (tertiary/aromatic N) is 3. The molecule has 3 nitrogen and oxygen atoms in total. The lowest BCUT2D eigenvalue weighted by Gasteiger charge is -2.11. The summed E-state index contributed by atoms with van der Waals surface area (Å²) in [5.41, 5.74) is 6.91. The van der Waals surface area contributed by atoms with Crippen LogP contribution in [-0.4, -0.2) is 22.7 Å². The van der Waals surface area contributed by atoms with Crippen LogP contribution in [0.25, 0.3) is 27.8 Å². The second-order valence-electron chi connectivity index (χ2n) is 6.12. The van der Waals surface area contributed by atoms with Crippen LogP contribution in [0.5, 0.6) is 0 Å². The average molecular weight is 325 g/mol. The van der Waals surface area contributed by atoms with Gasteiger partial charge >= 0.3 is 0 Å². The zero-order valence-electron chi connectivity index (χ0n) is 14.0. The van der Waals surface area contributed by atoms with Gasteiger partial charge in [0.25, 0.3) is 0 Å². The van der Waals surface area contributed by atoms with Gasteiger partial charge in [-0.3, -0.25) is 15.0 Å². The molecule has 0 radical (unpaired) electrons. The van der Waals surface area contributed by atoms with E-state index in [2.05, 4.69) is 51.4 Å². The molecule has 0 atom stereocenters. The second kappa shape index (κ2) is 7.22. The van der Waals surface area contributed by atoms with E-state index in [1.807, 2.05) is 30.7 Å². The Balaban J connectivity index is 1.87. The van der Waals surface area contributed by atoms with Crippen molar-refractivity contribution >= 4 is 11.8 Å². The summed E-state index contributed by atoms with van der Waals surface area (Å²) in [5.74, 6) is 0. The van der Waals surface area contributed by atoms with Gasteiger partial charge in [-0.05, 0) is 65.4 Å². The standard InChI is InChI=1S/C22H19N3/c1-2-8-23-14-17(5-1)20-11-21(18-6-3-9-24-15-18)13-22(12-20)19-7-4-10-25-16-19/h3-7,9-16H,1-2,8H2.